The Labute approximate surface area is 178 Å². The molecule has 30 heavy (non-hydrogen) atoms. The molecule has 0 bridgehead atoms. The van der Waals surface area contributed by atoms with E-state index in [0.29, 0.717) is 11.5 Å². The van der Waals surface area contributed by atoms with Crippen molar-refractivity contribution >= 4 is 17.5 Å². The average molecular weight is 401 g/mol. The molecule has 5 nitrogen and oxygen atoms in total. The van der Waals surface area contributed by atoms with Crippen LogP contribution in [0.5, 0.6) is 0 Å². The molecule has 1 aliphatic rings. The van der Waals surface area contributed by atoms with E-state index in [2.05, 4.69) is 46.2 Å². The van der Waals surface area contributed by atoms with Gasteiger partial charge in [0.1, 0.15) is 0 Å². The maximum absolute atomic E-state index is 12.7. The first kappa shape index (κ1) is 20.1. The second kappa shape index (κ2) is 9.08. The fourth-order valence-corrected chi connectivity index (χ4v) is 3.72. The number of carbonyl (C=O) groups is 1. The lowest BCUT2D eigenvalue weighted by Gasteiger charge is -2.26. The first-order valence-electron chi connectivity index (χ1n) is 10.7. The smallest absolute Gasteiger partial charge is 0.255 e. The SMILES string of the molecule is CC(C)c1ccc(NC(=O)c2cccc(-c3cnc(N4CCCCC4)nc3)c2)cc1. The van der Waals surface area contributed by atoms with Gasteiger partial charge in [0.15, 0.2) is 0 Å². The van der Waals surface area contributed by atoms with Crippen molar-refractivity contribution in [2.45, 2.75) is 39.0 Å². The minimum absolute atomic E-state index is 0.125. The Morgan fingerprint density at radius 3 is 2.30 bits per heavy atom. The molecule has 1 fully saturated rings. The Kier molecular flexibility index (Phi) is 6.07. The number of hydrogen-bond donors (Lipinski definition) is 1. The maximum atomic E-state index is 12.7. The molecule has 1 aliphatic heterocycles. The zero-order valence-electron chi connectivity index (χ0n) is 17.6. The molecular weight excluding hydrogens is 372 g/mol. The summed E-state index contributed by atoms with van der Waals surface area (Å²) in [6, 6.07) is 15.6. The summed E-state index contributed by atoms with van der Waals surface area (Å²) < 4.78 is 0. The molecule has 2 aromatic carbocycles. The van der Waals surface area contributed by atoms with Crippen molar-refractivity contribution in [3.8, 4) is 11.1 Å². The molecule has 0 atom stereocenters. The second-order valence-corrected chi connectivity index (χ2v) is 8.13. The number of nitrogens with zero attached hydrogens (tertiary/aromatic N) is 3. The van der Waals surface area contributed by atoms with Crippen LogP contribution in [0.25, 0.3) is 11.1 Å². The van der Waals surface area contributed by atoms with E-state index in [9.17, 15) is 4.79 Å². The van der Waals surface area contributed by atoms with E-state index in [1.807, 2.05) is 48.8 Å². The largest absolute Gasteiger partial charge is 0.341 e. The van der Waals surface area contributed by atoms with Crippen molar-refractivity contribution in [3.05, 3.63) is 72.1 Å². The van der Waals surface area contributed by atoms with Crippen molar-refractivity contribution in [3.63, 3.8) is 0 Å². The lowest BCUT2D eigenvalue weighted by atomic mass is 10.0. The lowest BCUT2D eigenvalue weighted by Crippen LogP contribution is -2.30. The molecule has 1 amide bonds. The zero-order valence-corrected chi connectivity index (χ0v) is 17.6. The minimum Gasteiger partial charge on any atom is -0.341 e. The molecule has 2 heterocycles. The van der Waals surface area contributed by atoms with Gasteiger partial charge in [-0.1, -0.05) is 38.1 Å². The molecule has 1 aromatic heterocycles. The third-order valence-electron chi connectivity index (χ3n) is 5.57. The van der Waals surface area contributed by atoms with Crippen LogP contribution in [-0.2, 0) is 0 Å². The molecule has 3 aromatic rings. The van der Waals surface area contributed by atoms with Crippen LogP contribution < -0.4 is 10.2 Å². The topological polar surface area (TPSA) is 58.1 Å². The number of rotatable bonds is 5. The van der Waals surface area contributed by atoms with Crippen molar-refractivity contribution in [2.75, 3.05) is 23.3 Å². The summed E-state index contributed by atoms with van der Waals surface area (Å²) >= 11 is 0. The number of benzene rings is 2. The Hall–Kier alpha value is -3.21. The van der Waals surface area contributed by atoms with Crippen LogP contribution in [0.1, 0.15) is 54.9 Å². The second-order valence-electron chi connectivity index (χ2n) is 8.13. The molecule has 5 heteroatoms. The Morgan fingerprint density at radius 1 is 0.933 bits per heavy atom. The molecule has 0 aliphatic carbocycles. The minimum atomic E-state index is -0.125. The Bertz CT molecular complexity index is 990. The van der Waals surface area contributed by atoms with E-state index in [4.69, 9.17) is 0 Å². The molecule has 0 spiro atoms. The highest BCUT2D eigenvalue weighted by molar-refractivity contribution is 6.04. The van der Waals surface area contributed by atoms with Gasteiger partial charge < -0.3 is 10.2 Å². The lowest BCUT2D eigenvalue weighted by molar-refractivity contribution is 0.102. The first-order valence-corrected chi connectivity index (χ1v) is 10.7. The van der Waals surface area contributed by atoms with E-state index in [-0.39, 0.29) is 5.91 Å². The Morgan fingerprint density at radius 2 is 1.63 bits per heavy atom. The van der Waals surface area contributed by atoms with Crippen LogP contribution in [-0.4, -0.2) is 29.0 Å². The van der Waals surface area contributed by atoms with Crippen LogP contribution >= 0.6 is 0 Å². The fraction of sp³-hybridized carbons (Fsp3) is 0.320. The molecule has 1 saturated heterocycles. The number of hydrogen-bond acceptors (Lipinski definition) is 4. The highest BCUT2D eigenvalue weighted by atomic mass is 16.1. The predicted octanol–water partition coefficient (Wildman–Crippen LogP) is 5.51. The summed E-state index contributed by atoms with van der Waals surface area (Å²) in [5.74, 6) is 1.13. The molecular formula is C25H28N4O. The van der Waals surface area contributed by atoms with Gasteiger partial charge in [-0.05, 0) is 60.6 Å². The van der Waals surface area contributed by atoms with Gasteiger partial charge in [0.2, 0.25) is 5.95 Å². The van der Waals surface area contributed by atoms with Crippen LogP contribution in [0.15, 0.2) is 60.9 Å². The maximum Gasteiger partial charge on any atom is 0.255 e. The van der Waals surface area contributed by atoms with Gasteiger partial charge in [-0.25, -0.2) is 9.97 Å². The van der Waals surface area contributed by atoms with Crippen LogP contribution in [0.4, 0.5) is 11.6 Å². The van der Waals surface area contributed by atoms with Gasteiger partial charge >= 0.3 is 0 Å². The van der Waals surface area contributed by atoms with Gasteiger partial charge in [0.05, 0.1) is 0 Å². The summed E-state index contributed by atoms with van der Waals surface area (Å²) in [6.07, 6.45) is 7.37. The van der Waals surface area contributed by atoms with E-state index in [1.165, 1.54) is 24.8 Å². The summed E-state index contributed by atoms with van der Waals surface area (Å²) in [6.45, 7) is 6.35. The number of aromatic nitrogens is 2. The van der Waals surface area contributed by atoms with Crippen molar-refractivity contribution in [2.24, 2.45) is 0 Å². The number of nitrogens with one attached hydrogen (secondary N) is 1. The van der Waals surface area contributed by atoms with Gasteiger partial charge in [0, 0.05) is 42.3 Å². The highest BCUT2D eigenvalue weighted by Gasteiger charge is 2.14. The normalized spacial score (nSPS) is 14.0. The molecule has 0 unspecified atom stereocenters. The van der Waals surface area contributed by atoms with E-state index >= 15 is 0 Å². The molecule has 0 radical (unpaired) electrons. The van der Waals surface area contributed by atoms with E-state index in [0.717, 1.165) is 35.9 Å². The number of amides is 1. The summed E-state index contributed by atoms with van der Waals surface area (Å²) in [7, 11) is 0. The highest BCUT2D eigenvalue weighted by Crippen LogP contribution is 2.23. The van der Waals surface area contributed by atoms with Gasteiger partial charge in [-0.2, -0.15) is 0 Å². The molecule has 154 valence electrons. The van der Waals surface area contributed by atoms with Crippen molar-refractivity contribution < 1.29 is 4.79 Å². The summed E-state index contributed by atoms with van der Waals surface area (Å²) in [5, 5.41) is 2.98. The van der Waals surface area contributed by atoms with Crippen molar-refractivity contribution in [1.82, 2.24) is 9.97 Å². The number of piperidine rings is 1. The predicted molar refractivity (Wildman–Crippen MR) is 122 cm³/mol. The van der Waals surface area contributed by atoms with Gasteiger partial charge in [-0.15, -0.1) is 0 Å². The third kappa shape index (κ3) is 4.67. The molecule has 1 N–H and O–H groups in total. The monoisotopic (exact) mass is 400 g/mol. The number of carbonyl (C=O) groups excluding carboxylic acids is 1. The molecule has 4 rings (SSSR count). The fourth-order valence-electron chi connectivity index (χ4n) is 3.72. The van der Waals surface area contributed by atoms with Crippen LogP contribution in [0.3, 0.4) is 0 Å². The average Bonchev–Trinajstić information content (AvgIpc) is 2.80. The van der Waals surface area contributed by atoms with Crippen LogP contribution in [0.2, 0.25) is 0 Å². The van der Waals surface area contributed by atoms with Crippen molar-refractivity contribution in [1.29, 1.82) is 0 Å². The Balaban J connectivity index is 1.47. The quantitative estimate of drug-likeness (QED) is 0.613. The van der Waals surface area contributed by atoms with Crippen LogP contribution in [0, 0.1) is 0 Å². The standard InChI is InChI=1S/C25H28N4O/c1-18(2)19-9-11-23(12-10-19)28-24(30)21-8-6-7-20(15-21)22-16-26-25(27-17-22)29-13-4-3-5-14-29/h6-12,15-18H,3-5,13-14H2,1-2H3,(H,28,30). The van der Waals surface area contributed by atoms with Gasteiger partial charge in [0.25, 0.3) is 5.91 Å². The number of anilines is 2. The summed E-state index contributed by atoms with van der Waals surface area (Å²) in [4.78, 5) is 24.1. The van der Waals surface area contributed by atoms with Gasteiger partial charge in [-0.3, -0.25) is 4.79 Å². The molecule has 0 saturated carbocycles. The zero-order chi connectivity index (χ0) is 20.9. The van der Waals surface area contributed by atoms with E-state index < -0.39 is 0 Å². The third-order valence-corrected chi connectivity index (χ3v) is 5.57. The van der Waals surface area contributed by atoms with E-state index in [1.54, 1.807) is 0 Å². The summed E-state index contributed by atoms with van der Waals surface area (Å²) in [5.41, 5.74) is 4.50. The first-order chi connectivity index (χ1) is 14.6.